The summed E-state index contributed by atoms with van der Waals surface area (Å²) in [6, 6.07) is 2.06. The summed E-state index contributed by atoms with van der Waals surface area (Å²) < 4.78 is 0. The van der Waals surface area contributed by atoms with Gasteiger partial charge in [0.1, 0.15) is 0 Å². The molecule has 0 unspecified atom stereocenters. The topological polar surface area (TPSA) is 54.8 Å². The molecule has 0 atom stereocenters. The second kappa shape index (κ2) is 5.21. The Labute approximate surface area is 113 Å². The summed E-state index contributed by atoms with van der Waals surface area (Å²) in [6.45, 7) is 14.1. The van der Waals surface area contributed by atoms with E-state index in [-0.39, 0.29) is 0 Å². The Morgan fingerprint density at radius 2 is 1.76 bits per heavy atom. The molecule has 0 fully saturated rings. The summed E-state index contributed by atoms with van der Waals surface area (Å²) in [5.74, 6) is 0. The van der Waals surface area contributed by atoms with Gasteiger partial charge in [-0.1, -0.05) is 0 Å². The van der Waals surface area contributed by atoms with E-state index in [9.17, 15) is 0 Å². The van der Waals surface area contributed by atoms with E-state index < -0.39 is 12.8 Å². The Bertz CT molecular complexity index is 562. The Balaban J connectivity index is 2.27. The first-order chi connectivity index (χ1) is 8.18. The van der Waals surface area contributed by atoms with E-state index in [1.807, 2.05) is 0 Å². The van der Waals surface area contributed by atoms with Crippen LogP contribution in [0.15, 0.2) is 19.9 Å². The standard InChI is InChI=1S/C4H2N2S2.C4H3N2S2.Sn/c1-5-3(7)4(8)6-2;5-1-3(7)4(8)2-6;/h7-8H;1,7-8H;/q;-1;+4/p-4. The average molecular weight is 400 g/mol. The summed E-state index contributed by atoms with van der Waals surface area (Å²) in [6.07, 6.45) is 0.955. The molecule has 1 spiro atoms. The van der Waals surface area contributed by atoms with Gasteiger partial charge in [-0.25, -0.2) is 0 Å². The van der Waals surface area contributed by atoms with Gasteiger partial charge in [0.05, 0.1) is 0 Å². The number of nitriles is 1. The van der Waals surface area contributed by atoms with Gasteiger partial charge < -0.3 is 0 Å². The summed E-state index contributed by atoms with van der Waals surface area (Å²) in [4.78, 5) is 7.84. The van der Waals surface area contributed by atoms with E-state index in [2.05, 4.69) is 15.8 Å². The van der Waals surface area contributed by atoms with Crippen LogP contribution in [0.25, 0.3) is 15.1 Å². The predicted octanol–water partition coefficient (Wildman–Crippen LogP) is 3.72. The molecule has 0 amide bonds. The molecule has 0 aromatic heterocycles. The number of nitrogens with zero attached hydrogens (tertiary/aromatic N) is 4. The molecule has 2 rings (SSSR count). The van der Waals surface area contributed by atoms with Gasteiger partial charge in [0, 0.05) is 0 Å². The van der Waals surface area contributed by atoms with Gasteiger partial charge in [-0.3, -0.25) is 0 Å². The van der Waals surface area contributed by atoms with E-state index >= 15 is 0 Å². The van der Waals surface area contributed by atoms with Crippen LogP contribution in [-0.2, 0) is 0 Å². The first-order valence-electron chi connectivity index (χ1n) is 4.05. The third-order valence-corrected chi connectivity index (χ3v) is 40.6. The molecule has 17 heavy (non-hydrogen) atoms. The molecule has 0 radical (unpaired) electrons. The van der Waals surface area contributed by atoms with Crippen LogP contribution in [0.5, 0.6) is 0 Å². The summed E-state index contributed by atoms with van der Waals surface area (Å²) in [5, 5.41) is 18.9. The maximum absolute atomic E-state index is 9.07. The zero-order valence-electron chi connectivity index (χ0n) is 8.00. The van der Waals surface area contributed by atoms with Crippen LogP contribution in [0.1, 0.15) is 0 Å². The van der Waals surface area contributed by atoms with E-state index in [1.54, 1.807) is 0 Å². The van der Waals surface area contributed by atoms with Crippen LogP contribution in [0.3, 0.4) is 0 Å². The maximum atomic E-state index is 9.07. The number of rotatable bonds is 1. The van der Waals surface area contributed by atoms with Crippen molar-refractivity contribution in [3.63, 3.8) is 0 Å². The quantitative estimate of drug-likeness (QED) is 0.382. The van der Waals surface area contributed by atoms with Crippen molar-refractivity contribution < 1.29 is 0 Å². The van der Waals surface area contributed by atoms with Crippen molar-refractivity contribution in [3.05, 3.63) is 48.1 Å². The van der Waals surface area contributed by atoms with Crippen molar-refractivity contribution in [2.75, 3.05) is 0 Å². The molecule has 9 heteroatoms. The van der Waals surface area contributed by atoms with Crippen LogP contribution in [0.4, 0.5) is 0 Å². The van der Waals surface area contributed by atoms with Gasteiger partial charge in [-0.15, -0.1) is 0 Å². The fraction of sp³-hybridized carbons (Fsp3) is 0. The molecule has 82 valence electrons. The Morgan fingerprint density at radius 3 is 2.12 bits per heavy atom. The van der Waals surface area contributed by atoms with Crippen molar-refractivity contribution in [1.82, 2.24) is 0 Å². The Morgan fingerprint density at radius 1 is 1.18 bits per heavy atom. The first-order valence-corrected chi connectivity index (χ1v) is 21.3. The zero-order valence-corrected chi connectivity index (χ0v) is 14.1. The van der Waals surface area contributed by atoms with E-state index in [0.717, 1.165) is 6.21 Å². The van der Waals surface area contributed by atoms with E-state index in [4.69, 9.17) is 23.8 Å². The van der Waals surface area contributed by atoms with Gasteiger partial charge in [0.2, 0.25) is 0 Å². The number of allylic oxidation sites excluding steroid dienone is 2. The van der Waals surface area contributed by atoms with Gasteiger partial charge in [0.25, 0.3) is 0 Å². The minimum atomic E-state index is -2.94. The van der Waals surface area contributed by atoms with Crippen molar-refractivity contribution in [3.8, 4) is 6.07 Å². The molecule has 0 saturated carbocycles. The van der Waals surface area contributed by atoms with Crippen molar-refractivity contribution in [1.29, 1.82) is 5.26 Å². The van der Waals surface area contributed by atoms with Crippen LogP contribution in [0, 0.1) is 24.5 Å². The summed E-state index contributed by atoms with van der Waals surface area (Å²) >= 11 is -2.94. The Kier molecular flexibility index (Phi) is 4.06. The average Bonchev–Trinajstić information content (AvgIpc) is 2.89. The molecule has 0 aliphatic carbocycles. The summed E-state index contributed by atoms with van der Waals surface area (Å²) in [5.41, 5.74) is 0. The Hall–Kier alpha value is -0.181. The number of hydrogen-bond donors (Lipinski definition) is 0. The SMILES string of the molecule is [C-]#[N+]C1=C([N+]#[C-])[S][Sn]2([S]C(C#N)=C(C=[N-])[S]2)[S]1. The van der Waals surface area contributed by atoms with Crippen LogP contribution in [-0.4, -0.2) is 19.1 Å². The molecule has 0 N–H and O–H groups in total. The van der Waals surface area contributed by atoms with Gasteiger partial charge in [-0.05, 0) is 0 Å². The molecular formula is C8HN4S4Sn-. The molecular weight excluding hydrogens is 399 g/mol. The molecule has 0 aromatic rings. The zero-order chi connectivity index (χ0) is 12.5. The summed E-state index contributed by atoms with van der Waals surface area (Å²) in [7, 11) is 5.96. The monoisotopic (exact) mass is 401 g/mol. The molecule has 2 aliphatic heterocycles. The van der Waals surface area contributed by atoms with Crippen LogP contribution >= 0.6 is 35.8 Å². The third kappa shape index (κ3) is 2.35. The normalized spacial score (nSPS) is 21.2. The van der Waals surface area contributed by atoms with E-state index in [1.165, 1.54) is 35.8 Å². The third-order valence-electron chi connectivity index (χ3n) is 1.73. The molecule has 2 heterocycles. The molecule has 0 saturated heterocycles. The van der Waals surface area contributed by atoms with Crippen molar-refractivity contribution >= 4 is 54.8 Å². The second-order valence-corrected chi connectivity index (χ2v) is 41.8. The molecule has 0 aromatic carbocycles. The molecule has 4 nitrogen and oxygen atoms in total. The molecule has 0 bridgehead atoms. The number of hydrogen-bond acceptors (Lipinski definition) is 5. The fourth-order valence-corrected chi connectivity index (χ4v) is 46.9. The molecule has 2 aliphatic rings. The van der Waals surface area contributed by atoms with Crippen LogP contribution in [0.2, 0.25) is 0 Å². The van der Waals surface area contributed by atoms with Gasteiger partial charge in [0.15, 0.2) is 0 Å². The van der Waals surface area contributed by atoms with Gasteiger partial charge >= 0.3 is 114 Å². The van der Waals surface area contributed by atoms with E-state index in [0.29, 0.717) is 19.9 Å². The second-order valence-electron chi connectivity index (χ2n) is 2.68. The first kappa shape index (κ1) is 13.3. The fourth-order valence-electron chi connectivity index (χ4n) is 1.11. The minimum absolute atomic E-state index is 0.456. The van der Waals surface area contributed by atoms with Gasteiger partial charge in [-0.2, -0.15) is 0 Å². The van der Waals surface area contributed by atoms with Crippen LogP contribution < -0.4 is 0 Å². The van der Waals surface area contributed by atoms with Crippen molar-refractivity contribution in [2.24, 2.45) is 0 Å². The van der Waals surface area contributed by atoms with Crippen molar-refractivity contribution in [2.45, 2.75) is 0 Å². The predicted molar refractivity (Wildman–Crippen MR) is 78.4 cm³/mol.